The number of aromatic nitrogens is 4. The van der Waals surface area contributed by atoms with Crippen molar-refractivity contribution in [3.05, 3.63) is 48.0 Å². The molecule has 1 aliphatic heterocycles. The first kappa shape index (κ1) is 17.3. The molecule has 140 valence electrons. The van der Waals surface area contributed by atoms with Gasteiger partial charge in [0.25, 0.3) is 5.91 Å². The van der Waals surface area contributed by atoms with Crippen LogP contribution in [0.3, 0.4) is 0 Å². The predicted molar refractivity (Wildman–Crippen MR) is 98.1 cm³/mol. The molecule has 8 nitrogen and oxygen atoms in total. The van der Waals surface area contributed by atoms with Crippen LogP contribution >= 0.6 is 0 Å². The number of nitrogens with zero attached hydrogens (tertiary/aromatic N) is 5. The SMILES string of the molecule is COc1nccc(OC2CCN(C(=O)c3c(C)nc4ccccn34)CC2)n1. The number of carbonyl (C=O) groups is 1. The van der Waals surface area contributed by atoms with Crippen LogP contribution in [0.2, 0.25) is 0 Å². The third kappa shape index (κ3) is 3.42. The Morgan fingerprint density at radius 2 is 2.00 bits per heavy atom. The third-order valence-corrected chi connectivity index (χ3v) is 4.71. The van der Waals surface area contributed by atoms with Gasteiger partial charge in [-0.15, -0.1) is 0 Å². The monoisotopic (exact) mass is 367 g/mol. The van der Waals surface area contributed by atoms with Gasteiger partial charge in [0, 0.05) is 44.4 Å². The number of hydrogen-bond donors (Lipinski definition) is 0. The summed E-state index contributed by atoms with van der Waals surface area (Å²) in [6.45, 7) is 3.13. The highest BCUT2D eigenvalue weighted by atomic mass is 16.5. The van der Waals surface area contributed by atoms with Gasteiger partial charge in [-0.3, -0.25) is 9.20 Å². The second-order valence-electron chi connectivity index (χ2n) is 6.47. The number of ether oxygens (including phenoxy) is 2. The Balaban J connectivity index is 1.42. The number of methoxy groups -OCH3 is 1. The topological polar surface area (TPSA) is 81.9 Å². The van der Waals surface area contributed by atoms with Crippen LogP contribution in [0.4, 0.5) is 0 Å². The first-order valence-electron chi connectivity index (χ1n) is 8.92. The molecule has 1 amide bonds. The number of piperidine rings is 1. The number of aryl methyl sites for hydroxylation is 1. The van der Waals surface area contributed by atoms with Crippen LogP contribution in [0.1, 0.15) is 29.0 Å². The third-order valence-electron chi connectivity index (χ3n) is 4.71. The van der Waals surface area contributed by atoms with E-state index in [1.165, 1.54) is 7.11 Å². The summed E-state index contributed by atoms with van der Waals surface area (Å²) in [5.74, 6) is 0.498. The summed E-state index contributed by atoms with van der Waals surface area (Å²) >= 11 is 0. The van der Waals surface area contributed by atoms with Crippen molar-refractivity contribution in [3.63, 3.8) is 0 Å². The molecule has 4 heterocycles. The van der Waals surface area contributed by atoms with Gasteiger partial charge >= 0.3 is 6.01 Å². The highest BCUT2D eigenvalue weighted by Crippen LogP contribution is 2.21. The van der Waals surface area contributed by atoms with Crippen LogP contribution in [-0.2, 0) is 0 Å². The normalized spacial score (nSPS) is 15.1. The largest absolute Gasteiger partial charge is 0.474 e. The van der Waals surface area contributed by atoms with Gasteiger partial charge in [-0.25, -0.2) is 9.97 Å². The zero-order chi connectivity index (χ0) is 18.8. The molecule has 1 fully saturated rings. The molecule has 3 aromatic heterocycles. The van der Waals surface area contributed by atoms with Crippen LogP contribution in [0.25, 0.3) is 5.65 Å². The molecule has 0 unspecified atom stereocenters. The van der Waals surface area contributed by atoms with Crippen molar-refractivity contribution in [2.75, 3.05) is 20.2 Å². The zero-order valence-corrected chi connectivity index (χ0v) is 15.3. The lowest BCUT2D eigenvalue weighted by Crippen LogP contribution is -2.42. The first-order chi connectivity index (χ1) is 13.2. The van der Waals surface area contributed by atoms with E-state index in [1.807, 2.05) is 40.6 Å². The Morgan fingerprint density at radius 3 is 2.78 bits per heavy atom. The fourth-order valence-electron chi connectivity index (χ4n) is 3.36. The fraction of sp³-hybridized carbons (Fsp3) is 0.368. The van der Waals surface area contributed by atoms with Gasteiger partial charge in [0.1, 0.15) is 17.4 Å². The van der Waals surface area contributed by atoms with Gasteiger partial charge in [0.15, 0.2) is 0 Å². The zero-order valence-electron chi connectivity index (χ0n) is 15.3. The highest BCUT2D eigenvalue weighted by Gasteiger charge is 2.28. The van der Waals surface area contributed by atoms with Crippen molar-refractivity contribution < 1.29 is 14.3 Å². The van der Waals surface area contributed by atoms with Gasteiger partial charge in [-0.2, -0.15) is 4.98 Å². The Kier molecular flexibility index (Phi) is 4.62. The lowest BCUT2D eigenvalue weighted by Gasteiger charge is -2.31. The Morgan fingerprint density at radius 1 is 1.19 bits per heavy atom. The molecular formula is C19H21N5O3. The molecule has 0 aromatic carbocycles. The van der Waals surface area contributed by atoms with Crippen molar-refractivity contribution in [1.29, 1.82) is 0 Å². The molecular weight excluding hydrogens is 346 g/mol. The van der Waals surface area contributed by atoms with E-state index in [2.05, 4.69) is 15.0 Å². The summed E-state index contributed by atoms with van der Waals surface area (Å²) in [6, 6.07) is 7.71. The van der Waals surface area contributed by atoms with Crippen molar-refractivity contribution in [2.24, 2.45) is 0 Å². The summed E-state index contributed by atoms with van der Waals surface area (Å²) in [6.07, 6.45) is 4.98. The van der Waals surface area contributed by atoms with Gasteiger partial charge in [0.2, 0.25) is 5.88 Å². The number of hydrogen-bond acceptors (Lipinski definition) is 6. The predicted octanol–water partition coefficient (Wildman–Crippen LogP) is 2.12. The van der Waals surface area contributed by atoms with Crippen LogP contribution < -0.4 is 9.47 Å². The Hall–Kier alpha value is -3.16. The Bertz CT molecular complexity index is 963. The summed E-state index contributed by atoms with van der Waals surface area (Å²) < 4.78 is 12.8. The van der Waals surface area contributed by atoms with E-state index in [0.717, 1.165) is 24.2 Å². The van der Waals surface area contributed by atoms with E-state index in [-0.39, 0.29) is 18.0 Å². The van der Waals surface area contributed by atoms with E-state index in [0.29, 0.717) is 24.7 Å². The minimum absolute atomic E-state index is 0.00774. The maximum atomic E-state index is 13.0. The Labute approximate surface area is 156 Å². The quantitative estimate of drug-likeness (QED) is 0.703. The van der Waals surface area contributed by atoms with E-state index in [1.54, 1.807) is 12.3 Å². The molecule has 3 aromatic rings. The minimum atomic E-state index is 0.00774. The van der Waals surface area contributed by atoms with Crippen LogP contribution in [0.15, 0.2) is 36.7 Å². The van der Waals surface area contributed by atoms with E-state index in [9.17, 15) is 4.79 Å². The van der Waals surface area contributed by atoms with Gasteiger partial charge in [0.05, 0.1) is 12.8 Å². The number of amides is 1. The lowest BCUT2D eigenvalue weighted by molar-refractivity contribution is 0.0579. The summed E-state index contributed by atoms with van der Waals surface area (Å²) in [7, 11) is 1.52. The number of likely N-dealkylation sites (tertiary alicyclic amines) is 1. The molecule has 0 spiro atoms. The minimum Gasteiger partial charge on any atom is -0.474 e. The van der Waals surface area contributed by atoms with Crippen molar-refractivity contribution >= 4 is 11.6 Å². The van der Waals surface area contributed by atoms with Gasteiger partial charge in [-0.1, -0.05) is 6.07 Å². The lowest BCUT2D eigenvalue weighted by atomic mass is 10.1. The fourth-order valence-corrected chi connectivity index (χ4v) is 3.36. The standard InChI is InChI=1S/C19H21N5O3/c1-13-17(24-10-4-3-5-15(24)21-13)18(25)23-11-7-14(8-12-23)27-16-6-9-20-19(22-16)26-2/h3-6,9-10,14H,7-8,11-12H2,1-2H3. The molecule has 0 aliphatic carbocycles. The summed E-state index contributed by atoms with van der Waals surface area (Å²) in [5, 5.41) is 0. The molecule has 8 heteroatoms. The number of carbonyl (C=O) groups excluding carboxylic acids is 1. The molecule has 0 radical (unpaired) electrons. The van der Waals surface area contributed by atoms with Crippen molar-refractivity contribution in [1.82, 2.24) is 24.3 Å². The van der Waals surface area contributed by atoms with Crippen molar-refractivity contribution in [2.45, 2.75) is 25.9 Å². The van der Waals surface area contributed by atoms with E-state index < -0.39 is 0 Å². The molecule has 4 rings (SSSR count). The van der Waals surface area contributed by atoms with E-state index in [4.69, 9.17) is 9.47 Å². The molecule has 0 atom stereocenters. The smallest absolute Gasteiger partial charge is 0.319 e. The highest BCUT2D eigenvalue weighted by molar-refractivity contribution is 5.94. The molecule has 1 aliphatic rings. The first-order valence-corrected chi connectivity index (χ1v) is 8.92. The average molecular weight is 367 g/mol. The van der Waals surface area contributed by atoms with Crippen LogP contribution in [0, 0.1) is 6.92 Å². The van der Waals surface area contributed by atoms with E-state index >= 15 is 0 Å². The number of fused-ring (bicyclic) bond motifs is 1. The number of pyridine rings is 1. The molecule has 27 heavy (non-hydrogen) atoms. The molecule has 1 saturated heterocycles. The van der Waals surface area contributed by atoms with Crippen LogP contribution in [0.5, 0.6) is 11.9 Å². The second-order valence-corrected chi connectivity index (χ2v) is 6.47. The molecule has 0 bridgehead atoms. The summed E-state index contributed by atoms with van der Waals surface area (Å²) in [4.78, 5) is 27.5. The van der Waals surface area contributed by atoms with Gasteiger partial charge in [-0.05, 0) is 19.1 Å². The molecule has 0 N–H and O–H groups in total. The number of imidazole rings is 1. The second kappa shape index (κ2) is 7.22. The molecule has 0 saturated carbocycles. The van der Waals surface area contributed by atoms with Gasteiger partial charge < -0.3 is 14.4 Å². The average Bonchev–Trinajstić information content (AvgIpc) is 3.04. The number of rotatable bonds is 4. The maximum Gasteiger partial charge on any atom is 0.319 e. The summed E-state index contributed by atoms with van der Waals surface area (Å²) in [5.41, 5.74) is 2.16. The van der Waals surface area contributed by atoms with Crippen LogP contribution in [-0.4, -0.2) is 56.5 Å². The van der Waals surface area contributed by atoms with Crippen molar-refractivity contribution in [3.8, 4) is 11.9 Å². The maximum absolute atomic E-state index is 13.0.